The average Bonchev–Trinajstić information content (AvgIpc) is 3.26. The number of nitrogens with two attached hydrogens (primary N) is 3. The summed E-state index contributed by atoms with van der Waals surface area (Å²) in [6.07, 6.45) is 5.03. The zero-order valence-corrected chi connectivity index (χ0v) is 26.1. The first-order valence-corrected chi connectivity index (χ1v) is 16.8. The summed E-state index contributed by atoms with van der Waals surface area (Å²) in [5.74, 6) is -1.57. The Kier molecular flexibility index (Phi) is 9.06. The lowest BCUT2D eigenvalue weighted by atomic mass is 9.87. The summed E-state index contributed by atoms with van der Waals surface area (Å²) < 4.78 is 48.2. The maximum Gasteiger partial charge on any atom is 0.323 e. The molecule has 1 unspecified atom stereocenters. The number of rotatable bonds is 10. The summed E-state index contributed by atoms with van der Waals surface area (Å²) in [7, 11) is -3.75. The highest BCUT2D eigenvalue weighted by molar-refractivity contribution is 7.90. The van der Waals surface area contributed by atoms with Crippen molar-refractivity contribution < 1.29 is 27.1 Å². The summed E-state index contributed by atoms with van der Waals surface area (Å²) in [6.45, 7) is 4.37. The number of anilines is 1. The standard InChI is InChI=1S/C32H42FN5O5S/c1-32(2)17-28-29(24-13-7-20(33)16-27(24)38(28)44(41,42)18-32)19-6-12-23(30(36)39)26(15-19)37-21-8-10-22(11-9-21)43-31(40)25(35)5-3-4-14-34/h6-7,12-13,15-16,21-22,25,37H,3-5,8-11,14,17-18,34-35H2,1-2H3,(H2,36,39). The molecule has 5 rings (SSSR count). The van der Waals surface area contributed by atoms with Crippen molar-refractivity contribution in [3.63, 3.8) is 0 Å². The number of esters is 1. The second-order valence-corrected chi connectivity index (χ2v) is 14.7. The van der Waals surface area contributed by atoms with Gasteiger partial charge in [-0.05, 0) is 92.8 Å². The van der Waals surface area contributed by atoms with E-state index in [1.807, 2.05) is 19.9 Å². The largest absolute Gasteiger partial charge is 0.461 e. The van der Waals surface area contributed by atoms with E-state index in [9.17, 15) is 22.4 Å². The maximum absolute atomic E-state index is 14.4. The Labute approximate surface area is 257 Å². The fraction of sp³-hybridized carbons (Fsp3) is 0.500. The molecule has 0 bridgehead atoms. The number of nitrogens with zero attached hydrogens (tertiary/aromatic N) is 1. The number of benzene rings is 2. The van der Waals surface area contributed by atoms with Gasteiger partial charge in [-0.1, -0.05) is 26.3 Å². The number of amides is 1. The Balaban J connectivity index is 1.41. The van der Waals surface area contributed by atoms with Gasteiger partial charge in [-0.2, -0.15) is 0 Å². The van der Waals surface area contributed by atoms with Crippen LogP contribution in [0.4, 0.5) is 10.1 Å². The van der Waals surface area contributed by atoms with Gasteiger partial charge >= 0.3 is 5.97 Å². The van der Waals surface area contributed by atoms with Crippen LogP contribution in [0.25, 0.3) is 22.0 Å². The van der Waals surface area contributed by atoms with Crippen LogP contribution < -0.4 is 22.5 Å². The number of primary amides is 1. The number of aromatic nitrogens is 1. The molecule has 1 saturated carbocycles. The Morgan fingerprint density at radius 2 is 1.84 bits per heavy atom. The lowest BCUT2D eigenvalue weighted by Crippen LogP contribution is -2.37. The normalized spacial score (nSPS) is 21.4. The van der Waals surface area contributed by atoms with Crippen molar-refractivity contribution in [3.8, 4) is 11.1 Å². The molecule has 7 N–H and O–H groups in total. The van der Waals surface area contributed by atoms with E-state index >= 15 is 0 Å². The molecular formula is C32H42FN5O5S. The van der Waals surface area contributed by atoms with Crippen molar-refractivity contribution in [1.29, 1.82) is 0 Å². The van der Waals surface area contributed by atoms with Crippen molar-refractivity contribution in [2.24, 2.45) is 22.6 Å². The number of hydrogen-bond donors (Lipinski definition) is 4. The van der Waals surface area contributed by atoms with Crippen LogP contribution in [0.5, 0.6) is 0 Å². The number of fused-ring (bicyclic) bond motifs is 3. The first-order chi connectivity index (χ1) is 20.8. The molecule has 44 heavy (non-hydrogen) atoms. The van der Waals surface area contributed by atoms with Crippen LogP contribution in [-0.4, -0.2) is 54.8 Å². The maximum atomic E-state index is 14.4. The van der Waals surface area contributed by atoms with E-state index < -0.39 is 39.2 Å². The van der Waals surface area contributed by atoms with E-state index in [2.05, 4.69) is 5.32 Å². The first kappa shape index (κ1) is 31.9. The quantitative estimate of drug-likeness (QED) is 0.193. The van der Waals surface area contributed by atoms with Gasteiger partial charge in [0.15, 0.2) is 0 Å². The van der Waals surface area contributed by atoms with Crippen LogP contribution in [0.1, 0.15) is 74.8 Å². The van der Waals surface area contributed by atoms with Crippen molar-refractivity contribution in [1.82, 2.24) is 3.97 Å². The van der Waals surface area contributed by atoms with Gasteiger partial charge in [-0.3, -0.25) is 9.59 Å². The molecule has 2 aromatic carbocycles. The number of nitrogens with one attached hydrogen (secondary N) is 1. The summed E-state index contributed by atoms with van der Waals surface area (Å²) in [6, 6.07) is 8.73. The number of halogens is 1. The van der Waals surface area contributed by atoms with Gasteiger partial charge in [0.2, 0.25) is 10.0 Å². The van der Waals surface area contributed by atoms with Crippen molar-refractivity contribution in [2.45, 2.75) is 83.4 Å². The molecule has 1 atom stereocenters. The Morgan fingerprint density at radius 3 is 2.52 bits per heavy atom. The molecule has 2 heterocycles. The molecule has 1 fully saturated rings. The second-order valence-electron chi connectivity index (χ2n) is 12.9. The predicted molar refractivity (Wildman–Crippen MR) is 169 cm³/mol. The number of hydrogen-bond acceptors (Lipinski definition) is 8. The minimum absolute atomic E-state index is 0.00960. The molecule has 10 nitrogen and oxygen atoms in total. The lowest BCUT2D eigenvalue weighted by molar-refractivity contribution is -0.152. The molecule has 1 aliphatic carbocycles. The highest BCUT2D eigenvalue weighted by Gasteiger charge is 2.39. The third-order valence-electron chi connectivity index (χ3n) is 8.64. The smallest absolute Gasteiger partial charge is 0.323 e. The van der Waals surface area contributed by atoms with Crippen LogP contribution in [0.2, 0.25) is 0 Å². The summed E-state index contributed by atoms with van der Waals surface area (Å²) in [4.78, 5) is 24.9. The van der Waals surface area contributed by atoms with Crippen LogP contribution in [-0.2, 0) is 26.0 Å². The minimum atomic E-state index is -3.75. The molecule has 0 spiro atoms. The number of carbonyl (C=O) groups is 2. The van der Waals surface area contributed by atoms with Gasteiger partial charge in [0, 0.05) is 28.4 Å². The zero-order valence-electron chi connectivity index (χ0n) is 25.3. The summed E-state index contributed by atoms with van der Waals surface area (Å²) >= 11 is 0. The Morgan fingerprint density at radius 1 is 1.11 bits per heavy atom. The van der Waals surface area contributed by atoms with Gasteiger partial charge in [0.05, 0.1) is 16.8 Å². The highest BCUT2D eigenvalue weighted by atomic mass is 32.2. The Bertz CT molecular complexity index is 1680. The van der Waals surface area contributed by atoms with Crippen molar-refractivity contribution in [3.05, 3.63) is 53.5 Å². The SMILES string of the molecule is CC1(C)Cc2c(-c3ccc(C(N)=O)c(NC4CCC(OC(=O)C(N)CCCCN)CC4)c3)c3ccc(F)cc3n2S(=O)(=O)C1. The van der Waals surface area contributed by atoms with Crippen molar-refractivity contribution in [2.75, 3.05) is 17.6 Å². The molecular weight excluding hydrogens is 585 g/mol. The molecule has 3 aromatic rings. The van der Waals surface area contributed by atoms with E-state index in [0.29, 0.717) is 84.0 Å². The van der Waals surface area contributed by atoms with Crippen LogP contribution in [0.15, 0.2) is 36.4 Å². The number of ether oxygens (including phenoxy) is 1. The first-order valence-electron chi connectivity index (χ1n) is 15.2. The summed E-state index contributed by atoms with van der Waals surface area (Å²) in [5, 5.41) is 4.09. The molecule has 0 saturated heterocycles. The Hall–Kier alpha value is -3.48. The third kappa shape index (κ3) is 6.62. The average molecular weight is 628 g/mol. The number of unbranched alkanes of at least 4 members (excludes halogenated alkanes) is 1. The van der Waals surface area contributed by atoms with Gasteiger partial charge in [-0.15, -0.1) is 0 Å². The van der Waals surface area contributed by atoms with E-state index in [4.69, 9.17) is 21.9 Å². The molecule has 1 aromatic heterocycles. The van der Waals surface area contributed by atoms with Crippen molar-refractivity contribution >= 4 is 38.5 Å². The molecule has 1 amide bonds. The topological polar surface area (TPSA) is 173 Å². The minimum Gasteiger partial charge on any atom is -0.461 e. The van der Waals surface area contributed by atoms with Crippen LogP contribution >= 0.6 is 0 Å². The molecule has 0 radical (unpaired) electrons. The number of carbonyl (C=O) groups excluding carboxylic acids is 2. The van der Waals surface area contributed by atoms with Crippen LogP contribution in [0, 0.1) is 11.2 Å². The second kappa shape index (κ2) is 12.5. The molecule has 2 aliphatic rings. The van der Waals surface area contributed by atoms with E-state index in [1.54, 1.807) is 18.2 Å². The zero-order chi connectivity index (χ0) is 31.8. The fourth-order valence-electron chi connectivity index (χ4n) is 6.61. The monoisotopic (exact) mass is 627 g/mol. The summed E-state index contributed by atoms with van der Waals surface area (Å²) in [5.41, 5.74) is 19.8. The predicted octanol–water partition coefficient (Wildman–Crippen LogP) is 4.03. The molecule has 238 valence electrons. The van der Waals surface area contributed by atoms with Gasteiger partial charge in [-0.25, -0.2) is 16.8 Å². The fourth-order valence-corrected chi connectivity index (χ4v) is 8.77. The third-order valence-corrected chi connectivity index (χ3v) is 10.8. The highest BCUT2D eigenvalue weighted by Crippen LogP contribution is 2.44. The van der Waals surface area contributed by atoms with Gasteiger partial charge < -0.3 is 27.3 Å². The van der Waals surface area contributed by atoms with E-state index in [1.165, 1.54) is 16.1 Å². The van der Waals surface area contributed by atoms with Gasteiger partial charge in [0.25, 0.3) is 5.91 Å². The molecule has 1 aliphatic heterocycles. The van der Waals surface area contributed by atoms with E-state index in [-0.39, 0.29) is 17.9 Å². The van der Waals surface area contributed by atoms with E-state index in [0.717, 1.165) is 12.8 Å². The van der Waals surface area contributed by atoms with Crippen LogP contribution in [0.3, 0.4) is 0 Å². The lowest BCUT2D eigenvalue weighted by Gasteiger charge is -2.32. The molecule has 12 heteroatoms. The van der Waals surface area contributed by atoms with Gasteiger partial charge in [0.1, 0.15) is 18.0 Å².